The van der Waals surface area contributed by atoms with Crippen LogP contribution in [0, 0.1) is 12.3 Å². The molecule has 1 atom stereocenters. The number of rotatable bonds is 9. The van der Waals surface area contributed by atoms with E-state index in [-0.39, 0.29) is 25.5 Å². The van der Waals surface area contributed by atoms with Crippen molar-refractivity contribution in [3.8, 4) is 5.75 Å². The Labute approximate surface area is 214 Å². The molecule has 1 fully saturated rings. The van der Waals surface area contributed by atoms with Gasteiger partial charge in [0, 0.05) is 38.5 Å². The third-order valence-electron chi connectivity index (χ3n) is 6.84. The summed E-state index contributed by atoms with van der Waals surface area (Å²) >= 11 is 0. The van der Waals surface area contributed by atoms with Crippen LogP contribution in [-0.4, -0.2) is 50.3 Å². The minimum absolute atomic E-state index is 0.0225. The number of carbonyl (C=O) groups excluding carboxylic acids is 1. The Morgan fingerprint density at radius 3 is 2.31 bits per heavy atom. The number of hydrogen-bond donors (Lipinski definition) is 0. The Morgan fingerprint density at radius 1 is 0.972 bits per heavy atom. The van der Waals surface area contributed by atoms with Gasteiger partial charge in [0.15, 0.2) is 0 Å². The van der Waals surface area contributed by atoms with Crippen LogP contribution in [0.4, 0.5) is 0 Å². The molecule has 3 aromatic rings. The van der Waals surface area contributed by atoms with Gasteiger partial charge in [0.25, 0.3) is 0 Å². The second kappa shape index (κ2) is 11.3. The van der Waals surface area contributed by atoms with Gasteiger partial charge in [-0.25, -0.2) is 8.42 Å². The predicted octanol–water partition coefficient (Wildman–Crippen LogP) is 4.89. The SMILES string of the molecule is Cc1ccccc1S(=O)(=O)N1CCC[C@@](COc2ccccc2)(CC(=O)N(C)Cc2ccccc2)C1. The van der Waals surface area contributed by atoms with Crippen molar-refractivity contribution in [3.05, 3.63) is 96.1 Å². The molecule has 0 aromatic heterocycles. The maximum atomic E-state index is 13.6. The number of ether oxygens (including phenoxy) is 1. The molecule has 1 saturated heterocycles. The van der Waals surface area contributed by atoms with Gasteiger partial charge in [0.2, 0.25) is 15.9 Å². The third-order valence-corrected chi connectivity index (χ3v) is 8.85. The Morgan fingerprint density at radius 2 is 1.61 bits per heavy atom. The first-order valence-electron chi connectivity index (χ1n) is 12.3. The first-order valence-corrected chi connectivity index (χ1v) is 13.7. The van der Waals surface area contributed by atoms with Gasteiger partial charge in [-0.15, -0.1) is 0 Å². The lowest BCUT2D eigenvalue weighted by molar-refractivity contribution is -0.134. The highest BCUT2D eigenvalue weighted by molar-refractivity contribution is 7.89. The summed E-state index contributed by atoms with van der Waals surface area (Å²) in [6, 6.07) is 26.4. The van der Waals surface area contributed by atoms with Gasteiger partial charge in [-0.2, -0.15) is 4.31 Å². The molecule has 36 heavy (non-hydrogen) atoms. The average Bonchev–Trinajstić information content (AvgIpc) is 2.89. The molecule has 0 unspecified atom stereocenters. The molecule has 190 valence electrons. The van der Waals surface area contributed by atoms with Gasteiger partial charge in [0.1, 0.15) is 5.75 Å². The molecule has 1 heterocycles. The van der Waals surface area contributed by atoms with Gasteiger partial charge in [-0.3, -0.25) is 4.79 Å². The van der Waals surface area contributed by atoms with Crippen LogP contribution in [-0.2, 0) is 21.4 Å². The van der Waals surface area contributed by atoms with Crippen LogP contribution in [0.2, 0.25) is 0 Å². The summed E-state index contributed by atoms with van der Waals surface area (Å²) < 4.78 is 34.9. The number of carbonyl (C=O) groups is 1. The number of amides is 1. The second-order valence-electron chi connectivity index (χ2n) is 9.72. The van der Waals surface area contributed by atoms with Crippen molar-refractivity contribution in [1.82, 2.24) is 9.21 Å². The van der Waals surface area contributed by atoms with Crippen molar-refractivity contribution < 1.29 is 17.9 Å². The highest BCUT2D eigenvalue weighted by Gasteiger charge is 2.43. The van der Waals surface area contributed by atoms with Crippen molar-refractivity contribution in [1.29, 1.82) is 0 Å². The number of aryl methyl sites for hydroxylation is 1. The normalized spacial score (nSPS) is 18.5. The molecule has 4 rings (SSSR count). The van der Waals surface area contributed by atoms with E-state index in [1.807, 2.05) is 79.7 Å². The van der Waals surface area contributed by atoms with Crippen LogP contribution in [0.3, 0.4) is 0 Å². The van der Waals surface area contributed by atoms with Crippen LogP contribution in [0.1, 0.15) is 30.4 Å². The van der Waals surface area contributed by atoms with E-state index in [2.05, 4.69) is 0 Å². The quantitative estimate of drug-likeness (QED) is 0.414. The Hall–Kier alpha value is -3.16. The Bertz CT molecular complexity index is 1260. The lowest BCUT2D eigenvalue weighted by atomic mass is 9.78. The van der Waals surface area contributed by atoms with E-state index >= 15 is 0 Å². The van der Waals surface area contributed by atoms with Crippen LogP contribution < -0.4 is 4.74 Å². The van der Waals surface area contributed by atoms with E-state index in [1.165, 1.54) is 4.31 Å². The molecule has 0 radical (unpaired) electrons. The summed E-state index contributed by atoms with van der Waals surface area (Å²) in [7, 11) is -1.90. The van der Waals surface area contributed by atoms with Gasteiger partial charge >= 0.3 is 0 Å². The van der Waals surface area contributed by atoms with Crippen molar-refractivity contribution in [2.24, 2.45) is 5.41 Å². The summed E-state index contributed by atoms with van der Waals surface area (Å²) in [5, 5.41) is 0. The summed E-state index contributed by atoms with van der Waals surface area (Å²) in [5.74, 6) is 0.687. The molecule has 3 aromatic carbocycles. The minimum atomic E-state index is -3.70. The molecule has 1 aliphatic heterocycles. The summed E-state index contributed by atoms with van der Waals surface area (Å²) in [6.45, 7) is 3.24. The Kier molecular flexibility index (Phi) is 8.11. The Balaban J connectivity index is 1.57. The van der Waals surface area contributed by atoms with E-state index in [4.69, 9.17) is 4.74 Å². The fraction of sp³-hybridized carbons (Fsp3) is 0.345. The maximum Gasteiger partial charge on any atom is 0.243 e. The maximum absolute atomic E-state index is 13.6. The van der Waals surface area contributed by atoms with Crippen molar-refractivity contribution in [2.75, 3.05) is 26.7 Å². The standard InChI is InChI=1S/C29H34N2O4S/c1-24-12-9-10-17-27(24)36(33,34)31-19-11-18-29(22-31,23-35-26-15-7-4-8-16-26)20-28(32)30(2)21-25-13-5-3-6-14-25/h3-10,12-17H,11,18-23H2,1-2H3/t29-/m1/s1. The largest absolute Gasteiger partial charge is 0.493 e. The molecule has 0 spiro atoms. The first-order chi connectivity index (χ1) is 17.3. The van der Waals surface area contributed by atoms with Crippen LogP contribution in [0.15, 0.2) is 89.8 Å². The highest BCUT2D eigenvalue weighted by Crippen LogP contribution is 2.37. The summed E-state index contributed by atoms with van der Waals surface area (Å²) in [6.07, 6.45) is 1.59. The number of para-hydroxylation sites is 1. The number of benzene rings is 3. The van der Waals surface area contributed by atoms with Crippen LogP contribution in [0.25, 0.3) is 0 Å². The number of piperidine rings is 1. The third kappa shape index (κ3) is 6.15. The molecular formula is C29H34N2O4S. The van der Waals surface area contributed by atoms with Crippen LogP contribution in [0.5, 0.6) is 5.75 Å². The van der Waals surface area contributed by atoms with Gasteiger partial charge in [0.05, 0.1) is 11.5 Å². The van der Waals surface area contributed by atoms with Crippen molar-refractivity contribution >= 4 is 15.9 Å². The van der Waals surface area contributed by atoms with Gasteiger partial charge in [-0.1, -0.05) is 66.7 Å². The number of sulfonamides is 1. The predicted molar refractivity (Wildman–Crippen MR) is 141 cm³/mol. The van der Waals surface area contributed by atoms with Crippen LogP contribution >= 0.6 is 0 Å². The molecular weight excluding hydrogens is 472 g/mol. The van der Waals surface area contributed by atoms with E-state index in [0.717, 1.165) is 5.56 Å². The zero-order chi connectivity index (χ0) is 25.6. The van der Waals surface area contributed by atoms with E-state index in [0.29, 0.717) is 42.1 Å². The fourth-order valence-corrected chi connectivity index (χ4v) is 6.64. The molecule has 7 heteroatoms. The lowest BCUT2D eigenvalue weighted by Crippen LogP contribution is -2.50. The van der Waals surface area contributed by atoms with Crippen molar-refractivity contribution in [3.63, 3.8) is 0 Å². The summed E-state index contributed by atoms with van der Waals surface area (Å²) in [4.78, 5) is 15.4. The zero-order valence-electron chi connectivity index (χ0n) is 21.0. The van der Waals surface area contributed by atoms with Gasteiger partial charge < -0.3 is 9.64 Å². The van der Waals surface area contributed by atoms with E-state index in [9.17, 15) is 13.2 Å². The monoisotopic (exact) mass is 506 g/mol. The zero-order valence-corrected chi connectivity index (χ0v) is 21.8. The van der Waals surface area contributed by atoms with E-state index in [1.54, 1.807) is 24.1 Å². The molecule has 1 aliphatic rings. The molecule has 0 N–H and O–H groups in total. The second-order valence-corrected chi connectivity index (χ2v) is 11.6. The van der Waals surface area contributed by atoms with Crippen molar-refractivity contribution in [2.45, 2.75) is 37.6 Å². The first kappa shape index (κ1) is 25.9. The molecule has 0 saturated carbocycles. The lowest BCUT2D eigenvalue weighted by Gasteiger charge is -2.42. The summed E-state index contributed by atoms with van der Waals surface area (Å²) in [5.41, 5.74) is 1.13. The topological polar surface area (TPSA) is 66.9 Å². The minimum Gasteiger partial charge on any atom is -0.493 e. The highest BCUT2D eigenvalue weighted by atomic mass is 32.2. The molecule has 0 aliphatic carbocycles. The van der Waals surface area contributed by atoms with E-state index < -0.39 is 15.4 Å². The fourth-order valence-electron chi connectivity index (χ4n) is 4.82. The smallest absolute Gasteiger partial charge is 0.243 e. The number of nitrogens with zero attached hydrogens (tertiary/aromatic N) is 2. The molecule has 6 nitrogen and oxygen atoms in total. The molecule has 0 bridgehead atoms. The average molecular weight is 507 g/mol. The number of hydrogen-bond acceptors (Lipinski definition) is 4. The molecule has 1 amide bonds. The van der Waals surface area contributed by atoms with Gasteiger partial charge in [-0.05, 0) is 49.1 Å².